The van der Waals surface area contributed by atoms with Gasteiger partial charge in [0.25, 0.3) is 0 Å². The van der Waals surface area contributed by atoms with Gasteiger partial charge < -0.3 is 5.32 Å². The van der Waals surface area contributed by atoms with Gasteiger partial charge in [0.15, 0.2) is 5.84 Å². The number of nitrogens with zero attached hydrogens (tertiary/aromatic N) is 2. The molecule has 4 heteroatoms. The van der Waals surface area contributed by atoms with Gasteiger partial charge in [-0.25, -0.2) is 4.98 Å². The Balaban J connectivity index is 2.20. The molecule has 2 N–H and O–H groups in total. The second-order valence-corrected chi connectivity index (χ2v) is 5.41. The van der Waals surface area contributed by atoms with Gasteiger partial charge in [0.05, 0.1) is 11.9 Å². The van der Waals surface area contributed by atoms with Crippen molar-refractivity contribution >= 4 is 11.5 Å². The van der Waals surface area contributed by atoms with Crippen molar-refractivity contribution in [2.24, 2.45) is 0 Å². The zero-order valence-corrected chi connectivity index (χ0v) is 11.4. The highest BCUT2D eigenvalue weighted by Gasteiger charge is 2.17. The van der Waals surface area contributed by atoms with E-state index in [0.29, 0.717) is 5.69 Å². The molecule has 19 heavy (non-hydrogen) atoms. The maximum Gasteiger partial charge on any atom is 0.150 e. The van der Waals surface area contributed by atoms with Crippen LogP contribution in [0.2, 0.25) is 0 Å². The van der Waals surface area contributed by atoms with Crippen molar-refractivity contribution in [2.75, 3.05) is 5.32 Å². The van der Waals surface area contributed by atoms with Gasteiger partial charge in [0, 0.05) is 17.3 Å². The second kappa shape index (κ2) is 5.18. The molecule has 2 rings (SSSR count). The molecule has 0 aliphatic carbocycles. The first-order valence-electron chi connectivity index (χ1n) is 6.20. The highest BCUT2D eigenvalue weighted by Crippen LogP contribution is 2.19. The first-order chi connectivity index (χ1) is 8.97. The van der Waals surface area contributed by atoms with Crippen LogP contribution in [0.4, 0.5) is 5.69 Å². The minimum absolute atomic E-state index is 0.0734. The van der Waals surface area contributed by atoms with Crippen LogP contribution in [0.15, 0.2) is 42.7 Å². The van der Waals surface area contributed by atoms with Crippen molar-refractivity contribution < 1.29 is 0 Å². The van der Waals surface area contributed by atoms with Crippen molar-refractivity contribution in [3.63, 3.8) is 0 Å². The number of para-hydroxylation sites is 1. The third-order valence-electron chi connectivity index (χ3n) is 2.70. The SMILES string of the molecule is CC(C)(C)c1cncc(C(=N)Nc2ccccc2)n1. The van der Waals surface area contributed by atoms with E-state index in [4.69, 9.17) is 5.41 Å². The van der Waals surface area contributed by atoms with E-state index < -0.39 is 0 Å². The molecule has 0 radical (unpaired) electrons. The van der Waals surface area contributed by atoms with Gasteiger partial charge in [-0.1, -0.05) is 39.0 Å². The molecule has 0 saturated heterocycles. The Morgan fingerprint density at radius 1 is 1.11 bits per heavy atom. The number of amidine groups is 1. The summed E-state index contributed by atoms with van der Waals surface area (Å²) < 4.78 is 0. The Morgan fingerprint density at radius 2 is 1.79 bits per heavy atom. The summed E-state index contributed by atoms with van der Waals surface area (Å²) in [5.41, 5.74) is 2.23. The molecule has 1 heterocycles. The fourth-order valence-electron chi connectivity index (χ4n) is 1.58. The van der Waals surface area contributed by atoms with E-state index >= 15 is 0 Å². The van der Waals surface area contributed by atoms with Crippen LogP contribution in [0.1, 0.15) is 32.2 Å². The van der Waals surface area contributed by atoms with Crippen molar-refractivity contribution in [2.45, 2.75) is 26.2 Å². The number of anilines is 1. The van der Waals surface area contributed by atoms with Gasteiger partial charge in [-0.2, -0.15) is 0 Å². The van der Waals surface area contributed by atoms with Gasteiger partial charge in [-0.05, 0) is 12.1 Å². The lowest BCUT2D eigenvalue weighted by Gasteiger charge is -2.18. The van der Waals surface area contributed by atoms with Gasteiger partial charge in [-0.3, -0.25) is 10.4 Å². The van der Waals surface area contributed by atoms with Gasteiger partial charge in [0.2, 0.25) is 0 Å². The summed E-state index contributed by atoms with van der Waals surface area (Å²) in [6.07, 6.45) is 3.35. The summed E-state index contributed by atoms with van der Waals surface area (Å²) in [6.45, 7) is 6.24. The number of nitrogens with one attached hydrogen (secondary N) is 2. The van der Waals surface area contributed by atoms with Crippen molar-refractivity contribution in [1.29, 1.82) is 5.41 Å². The lowest BCUT2D eigenvalue weighted by Crippen LogP contribution is -2.19. The Hall–Kier alpha value is -2.23. The predicted octanol–water partition coefficient (Wildman–Crippen LogP) is 3.21. The van der Waals surface area contributed by atoms with Gasteiger partial charge in [0.1, 0.15) is 5.69 Å². The maximum absolute atomic E-state index is 8.05. The first kappa shape index (κ1) is 13.2. The van der Waals surface area contributed by atoms with Crippen LogP contribution < -0.4 is 5.32 Å². The molecule has 2 aromatic rings. The summed E-state index contributed by atoms with van der Waals surface area (Å²) in [5.74, 6) is 0.254. The number of hydrogen-bond donors (Lipinski definition) is 2. The van der Waals surface area contributed by atoms with Crippen molar-refractivity contribution in [3.8, 4) is 0 Å². The highest BCUT2D eigenvalue weighted by molar-refractivity contribution is 6.04. The van der Waals surface area contributed by atoms with E-state index in [1.807, 2.05) is 30.3 Å². The summed E-state index contributed by atoms with van der Waals surface area (Å²) in [4.78, 5) is 8.66. The molecule has 0 aliphatic heterocycles. The molecular weight excluding hydrogens is 236 g/mol. The Labute approximate surface area is 113 Å². The summed E-state index contributed by atoms with van der Waals surface area (Å²) in [5, 5.41) is 11.1. The second-order valence-electron chi connectivity index (χ2n) is 5.41. The monoisotopic (exact) mass is 254 g/mol. The molecule has 0 amide bonds. The molecule has 0 bridgehead atoms. The number of hydrogen-bond acceptors (Lipinski definition) is 3. The normalized spacial score (nSPS) is 11.1. The number of benzene rings is 1. The van der Waals surface area contributed by atoms with Crippen LogP contribution in [0.3, 0.4) is 0 Å². The van der Waals surface area contributed by atoms with Crippen LogP contribution >= 0.6 is 0 Å². The van der Waals surface area contributed by atoms with Crippen LogP contribution in [-0.2, 0) is 5.41 Å². The standard InChI is InChI=1S/C15H18N4/c1-15(2,3)13-10-17-9-12(19-13)14(16)18-11-7-5-4-6-8-11/h4-10H,1-3H3,(H2,16,18). The fraction of sp³-hybridized carbons (Fsp3) is 0.267. The van der Waals surface area contributed by atoms with Gasteiger partial charge >= 0.3 is 0 Å². The highest BCUT2D eigenvalue weighted by atomic mass is 15.0. The third-order valence-corrected chi connectivity index (χ3v) is 2.70. The van der Waals surface area contributed by atoms with Crippen LogP contribution in [0, 0.1) is 5.41 Å². The molecular formula is C15H18N4. The largest absolute Gasteiger partial charge is 0.339 e. The molecule has 0 saturated carbocycles. The molecule has 0 fully saturated rings. The minimum atomic E-state index is -0.0734. The van der Waals surface area contributed by atoms with E-state index in [1.165, 1.54) is 0 Å². The van der Waals surface area contributed by atoms with E-state index in [-0.39, 0.29) is 11.3 Å². The molecule has 0 aliphatic rings. The first-order valence-corrected chi connectivity index (χ1v) is 6.20. The maximum atomic E-state index is 8.05. The average Bonchev–Trinajstić information content (AvgIpc) is 2.39. The molecule has 1 aromatic carbocycles. The predicted molar refractivity (Wildman–Crippen MR) is 77.6 cm³/mol. The molecule has 4 nitrogen and oxygen atoms in total. The Morgan fingerprint density at radius 3 is 2.42 bits per heavy atom. The van der Waals surface area contributed by atoms with Crippen LogP contribution in [0.5, 0.6) is 0 Å². The molecule has 0 spiro atoms. The van der Waals surface area contributed by atoms with E-state index in [0.717, 1.165) is 11.4 Å². The summed E-state index contributed by atoms with van der Waals surface area (Å²) >= 11 is 0. The molecule has 0 atom stereocenters. The van der Waals surface area contributed by atoms with Crippen molar-refractivity contribution in [1.82, 2.24) is 9.97 Å². The topological polar surface area (TPSA) is 61.7 Å². The third kappa shape index (κ3) is 3.37. The fourth-order valence-corrected chi connectivity index (χ4v) is 1.58. The lowest BCUT2D eigenvalue weighted by atomic mass is 9.92. The van der Waals surface area contributed by atoms with Gasteiger partial charge in [-0.15, -0.1) is 0 Å². The summed E-state index contributed by atoms with van der Waals surface area (Å²) in [6, 6.07) is 9.61. The zero-order chi connectivity index (χ0) is 13.9. The Bertz CT molecular complexity index is 570. The Kier molecular flexibility index (Phi) is 3.60. The molecule has 0 unspecified atom stereocenters. The smallest absolute Gasteiger partial charge is 0.150 e. The lowest BCUT2D eigenvalue weighted by molar-refractivity contribution is 0.565. The van der Waals surface area contributed by atoms with Crippen molar-refractivity contribution in [3.05, 3.63) is 54.1 Å². The summed E-state index contributed by atoms with van der Waals surface area (Å²) in [7, 11) is 0. The quantitative estimate of drug-likeness (QED) is 0.639. The molecule has 1 aromatic heterocycles. The number of aromatic nitrogens is 2. The van der Waals surface area contributed by atoms with Crippen LogP contribution in [0.25, 0.3) is 0 Å². The zero-order valence-electron chi connectivity index (χ0n) is 11.4. The van der Waals surface area contributed by atoms with Crippen LogP contribution in [-0.4, -0.2) is 15.8 Å². The van der Waals surface area contributed by atoms with E-state index in [2.05, 4.69) is 36.1 Å². The molecule has 98 valence electrons. The number of rotatable bonds is 2. The average molecular weight is 254 g/mol. The van der Waals surface area contributed by atoms with E-state index in [1.54, 1.807) is 12.4 Å². The minimum Gasteiger partial charge on any atom is -0.339 e. The van der Waals surface area contributed by atoms with E-state index in [9.17, 15) is 0 Å².